The summed E-state index contributed by atoms with van der Waals surface area (Å²) in [6.45, 7) is 3.31. The van der Waals surface area contributed by atoms with Gasteiger partial charge in [-0.25, -0.2) is 9.29 Å². The van der Waals surface area contributed by atoms with Gasteiger partial charge in [0.15, 0.2) is 0 Å². The van der Waals surface area contributed by atoms with Gasteiger partial charge in [-0.2, -0.15) is 0 Å². The first kappa shape index (κ1) is 23.8. The highest BCUT2D eigenvalue weighted by Gasteiger charge is 2.44. The van der Waals surface area contributed by atoms with Crippen molar-refractivity contribution in [2.45, 2.75) is 32.9 Å². The predicted molar refractivity (Wildman–Crippen MR) is 126 cm³/mol. The largest absolute Gasteiger partial charge is 0.427 e. The normalized spacial score (nSPS) is 15.3. The summed E-state index contributed by atoms with van der Waals surface area (Å²) in [4.78, 5) is 53.3. The van der Waals surface area contributed by atoms with Gasteiger partial charge in [-0.3, -0.25) is 19.2 Å². The van der Waals surface area contributed by atoms with Gasteiger partial charge in [0, 0.05) is 19.0 Å². The first-order chi connectivity index (χ1) is 16.7. The van der Waals surface area contributed by atoms with Crippen LogP contribution in [0.25, 0.3) is 0 Å². The average molecular weight is 474 g/mol. The van der Waals surface area contributed by atoms with E-state index >= 15 is 0 Å². The highest BCUT2D eigenvalue weighted by Crippen LogP contribution is 2.29. The lowest BCUT2D eigenvalue weighted by molar-refractivity contribution is -0.132. The third kappa shape index (κ3) is 5.27. The van der Waals surface area contributed by atoms with E-state index in [0.29, 0.717) is 5.69 Å². The highest BCUT2D eigenvalue weighted by atomic mass is 19.1. The Morgan fingerprint density at radius 2 is 1.60 bits per heavy atom. The molecule has 35 heavy (non-hydrogen) atoms. The van der Waals surface area contributed by atoms with Crippen molar-refractivity contribution in [3.8, 4) is 5.75 Å². The summed E-state index contributed by atoms with van der Waals surface area (Å²) >= 11 is 0. The maximum absolute atomic E-state index is 13.4. The molecule has 7 nitrogen and oxygen atoms in total. The summed E-state index contributed by atoms with van der Waals surface area (Å²) in [5, 5.41) is 0. The summed E-state index contributed by atoms with van der Waals surface area (Å²) in [5.41, 5.74) is 2.35. The number of aryl methyl sites for hydroxylation is 1. The standard InChI is InChI=1S/C27H23FN2O5/c1-17-3-5-19(6-4-17)16-29(26(33)20-7-9-21(28)10-8-20)24-15-25(32)30(27(24)34)22-11-13-23(14-12-22)35-18(2)31/h3-14,24H,15-16H2,1-2H3. The number of hydrogen-bond donors (Lipinski definition) is 0. The number of carbonyl (C=O) groups is 4. The average Bonchev–Trinajstić information content (AvgIpc) is 3.12. The van der Waals surface area contributed by atoms with Crippen LogP contribution in [0, 0.1) is 12.7 Å². The van der Waals surface area contributed by atoms with Crippen LogP contribution < -0.4 is 9.64 Å². The smallest absolute Gasteiger partial charge is 0.308 e. The van der Waals surface area contributed by atoms with E-state index in [9.17, 15) is 23.6 Å². The third-order valence-electron chi connectivity index (χ3n) is 5.68. The summed E-state index contributed by atoms with van der Waals surface area (Å²) in [6, 6.07) is 17.5. The molecule has 0 aliphatic carbocycles. The number of anilines is 1. The molecule has 3 aromatic rings. The van der Waals surface area contributed by atoms with E-state index < -0.39 is 35.5 Å². The first-order valence-electron chi connectivity index (χ1n) is 11.0. The summed E-state index contributed by atoms with van der Waals surface area (Å²) in [6.07, 6.45) is -0.191. The van der Waals surface area contributed by atoms with E-state index in [1.807, 2.05) is 31.2 Å². The maximum Gasteiger partial charge on any atom is 0.308 e. The molecule has 3 aromatic carbocycles. The molecule has 0 bridgehead atoms. The van der Waals surface area contributed by atoms with Gasteiger partial charge in [0.25, 0.3) is 11.8 Å². The number of nitrogens with zero attached hydrogens (tertiary/aromatic N) is 2. The molecular formula is C27H23FN2O5. The molecule has 8 heteroatoms. The molecule has 1 fully saturated rings. The number of benzene rings is 3. The van der Waals surface area contributed by atoms with Crippen molar-refractivity contribution in [3.05, 3.63) is 95.3 Å². The number of halogens is 1. The Hall–Kier alpha value is -4.33. The van der Waals surface area contributed by atoms with E-state index in [1.165, 1.54) is 60.4 Å². The molecule has 0 saturated carbocycles. The lowest BCUT2D eigenvalue weighted by atomic mass is 10.1. The molecule has 0 aromatic heterocycles. The number of ether oxygens (including phenoxy) is 1. The van der Waals surface area contributed by atoms with E-state index in [1.54, 1.807) is 0 Å². The van der Waals surface area contributed by atoms with Crippen LogP contribution >= 0.6 is 0 Å². The molecule has 1 saturated heterocycles. The topological polar surface area (TPSA) is 84.0 Å². The molecular weight excluding hydrogens is 451 g/mol. The highest BCUT2D eigenvalue weighted by molar-refractivity contribution is 6.23. The van der Waals surface area contributed by atoms with Gasteiger partial charge in [-0.15, -0.1) is 0 Å². The molecule has 1 aliphatic rings. The fourth-order valence-electron chi connectivity index (χ4n) is 3.93. The number of rotatable bonds is 6. The number of carbonyl (C=O) groups excluding carboxylic acids is 4. The van der Waals surface area contributed by atoms with Crippen LogP contribution in [0.1, 0.15) is 34.8 Å². The molecule has 0 N–H and O–H groups in total. The van der Waals surface area contributed by atoms with Gasteiger partial charge in [0.05, 0.1) is 12.1 Å². The van der Waals surface area contributed by atoms with Crippen molar-refractivity contribution in [2.24, 2.45) is 0 Å². The van der Waals surface area contributed by atoms with Crippen molar-refractivity contribution >= 4 is 29.4 Å². The first-order valence-corrected chi connectivity index (χ1v) is 11.0. The molecule has 3 amide bonds. The van der Waals surface area contributed by atoms with Crippen molar-refractivity contribution < 1.29 is 28.3 Å². The summed E-state index contributed by atoms with van der Waals surface area (Å²) in [7, 11) is 0. The van der Waals surface area contributed by atoms with E-state index in [4.69, 9.17) is 4.74 Å². The Bertz CT molecular complexity index is 1270. The van der Waals surface area contributed by atoms with Crippen LogP contribution in [-0.2, 0) is 20.9 Å². The molecule has 0 radical (unpaired) electrons. The second-order valence-corrected chi connectivity index (χ2v) is 8.30. The zero-order valence-electron chi connectivity index (χ0n) is 19.2. The zero-order valence-corrected chi connectivity index (χ0v) is 19.2. The minimum Gasteiger partial charge on any atom is -0.427 e. The Morgan fingerprint density at radius 3 is 2.20 bits per heavy atom. The zero-order chi connectivity index (χ0) is 25.1. The molecule has 178 valence electrons. The van der Waals surface area contributed by atoms with Gasteiger partial charge < -0.3 is 9.64 Å². The van der Waals surface area contributed by atoms with Crippen LogP contribution in [0.2, 0.25) is 0 Å². The number of amides is 3. The van der Waals surface area contributed by atoms with Crippen molar-refractivity contribution in [3.63, 3.8) is 0 Å². The summed E-state index contributed by atoms with van der Waals surface area (Å²) in [5.74, 6) is -2.17. The second-order valence-electron chi connectivity index (χ2n) is 8.30. The molecule has 0 spiro atoms. The number of esters is 1. The van der Waals surface area contributed by atoms with Gasteiger partial charge >= 0.3 is 5.97 Å². The van der Waals surface area contributed by atoms with Crippen LogP contribution in [0.3, 0.4) is 0 Å². The van der Waals surface area contributed by atoms with Crippen molar-refractivity contribution in [1.82, 2.24) is 4.90 Å². The monoisotopic (exact) mass is 474 g/mol. The number of hydrogen-bond acceptors (Lipinski definition) is 5. The van der Waals surface area contributed by atoms with Gasteiger partial charge in [-0.1, -0.05) is 29.8 Å². The van der Waals surface area contributed by atoms with E-state index in [0.717, 1.165) is 16.0 Å². The van der Waals surface area contributed by atoms with E-state index in [2.05, 4.69) is 0 Å². The quantitative estimate of drug-likeness (QED) is 0.306. The van der Waals surface area contributed by atoms with Crippen molar-refractivity contribution in [1.29, 1.82) is 0 Å². The van der Waals surface area contributed by atoms with Crippen LogP contribution in [-0.4, -0.2) is 34.6 Å². The third-order valence-corrected chi connectivity index (χ3v) is 5.68. The van der Waals surface area contributed by atoms with Crippen LogP contribution in [0.15, 0.2) is 72.8 Å². The SMILES string of the molecule is CC(=O)Oc1ccc(N2C(=O)CC(N(Cc3ccc(C)cc3)C(=O)c3ccc(F)cc3)C2=O)cc1. The van der Waals surface area contributed by atoms with Gasteiger partial charge in [0.2, 0.25) is 5.91 Å². The van der Waals surface area contributed by atoms with Gasteiger partial charge in [-0.05, 0) is 61.0 Å². The molecule has 1 aliphatic heterocycles. The molecule has 4 rings (SSSR count). The lowest BCUT2D eigenvalue weighted by Crippen LogP contribution is -2.45. The molecule has 1 unspecified atom stereocenters. The van der Waals surface area contributed by atoms with Crippen LogP contribution in [0.5, 0.6) is 5.75 Å². The van der Waals surface area contributed by atoms with Crippen LogP contribution in [0.4, 0.5) is 10.1 Å². The van der Waals surface area contributed by atoms with E-state index in [-0.39, 0.29) is 24.3 Å². The van der Waals surface area contributed by atoms with Crippen molar-refractivity contribution in [2.75, 3.05) is 4.90 Å². The Kier molecular flexibility index (Phi) is 6.73. The van der Waals surface area contributed by atoms with Gasteiger partial charge in [0.1, 0.15) is 17.6 Å². The maximum atomic E-state index is 13.4. The number of imide groups is 1. The molecule has 1 heterocycles. The summed E-state index contributed by atoms with van der Waals surface area (Å²) < 4.78 is 18.4. The Labute approximate surface area is 201 Å². The predicted octanol–water partition coefficient (Wildman–Crippen LogP) is 4.03. The molecule has 1 atom stereocenters. The Morgan fingerprint density at radius 1 is 0.971 bits per heavy atom. The second kappa shape index (κ2) is 9.89. The fourth-order valence-corrected chi connectivity index (χ4v) is 3.93. The minimum absolute atomic E-state index is 0.0966. The Balaban J connectivity index is 1.64. The fraction of sp³-hybridized carbons (Fsp3) is 0.185. The minimum atomic E-state index is -1.03. The lowest BCUT2D eigenvalue weighted by Gasteiger charge is -2.28.